The van der Waals surface area contributed by atoms with Gasteiger partial charge in [-0.25, -0.2) is 4.98 Å². The topological polar surface area (TPSA) is 64.4 Å². The van der Waals surface area contributed by atoms with Gasteiger partial charge in [0.1, 0.15) is 16.5 Å². The first kappa shape index (κ1) is 15.4. The highest BCUT2D eigenvalue weighted by Crippen LogP contribution is 2.31. The third-order valence-corrected chi connectivity index (χ3v) is 4.33. The highest BCUT2D eigenvalue weighted by atomic mass is 32.2. The van der Waals surface area contributed by atoms with E-state index in [4.69, 9.17) is 9.15 Å². The Kier molecular flexibility index (Phi) is 4.83. The van der Waals surface area contributed by atoms with Crippen LogP contribution in [0.15, 0.2) is 58.3 Å². The fourth-order valence-corrected chi connectivity index (χ4v) is 3.07. The molecule has 23 heavy (non-hydrogen) atoms. The molecule has 0 spiro atoms. The van der Waals surface area contributed by atoms with Crippen molar-refractivity contribution in [2.24, 2.45) is 0 Å². The van der Waals surface area contributed by atoms with E-state index in [1.54, 1.807) is 25.6 Å². The third-order valence-electron chi connectivity index (χ3n) is 3.33. The number of aromatic nitrogens is 1. The summed E-state index contributed by atoms with van der Waals surface area (Å²) in [4.78, 5) is 16.3. The molecule has 1 aromatic carbocycles. The summed E-state index contributed by atoms with van der Waals surface area (Å²) >= 11 is 1.41. The number of amides is 1. The number of carbonyl (C=O) groups excluding carboxylic acids is 1. The number of pyridine rings is 1. The smallest absolute Gasteiger partial charge is 0.230 e. The summed E-state index contributed by atoms with van der Waals surface area (Å²) in [6, 6.07) is 11.3. The number of benzene rings is 1. The Bertz CT molecular complexity index is 803. The highest BCUT2D eigenvalue weighted by Gasteiger charge is 2.09. The van der Waals surface area contributed by atoms with Gasteiger partial charge in [0.15, 0.2) is 0 Å². The van der Waals surface area contributed by atoms with Crippen LogP contribution in [0.5, 0.6) is 5.75 Å². The van der Waals surface area contributed by atoms with Crippen molar-refractivity contribution >= 4 is 28.4 Å². The van der Waals surface area contributed by atoms with Crippen molar-refractivity contribution in [1.82, 2.24) is 10.3 Å². The van der Waals surface area contributed by atoms with E-state index >= 15 is 0 Å². The van der Waals surface area contributed by atoms with Gasteiger partial charge in [-0.15, -0.1) is 0 Å². The predicted molar refractivity (Wildman–Crippen MR) is 89.6 cm³/mol. The number of carbonyl (C=O) groups is 1. The van der Waals surface area contributed by atoms with Crippen LogP contribution in [0.3, 0.4) is 0 Å². The number of ether oxygens (including phenoxy) is 1. The molecule has 0 aliphatic carbocycles. The first-order chi connectivity index (χ1) is 11.3. The van der Waals surface area contributed by atoms with Gasteiger partial charge in [0.25, 0.3) is 0 Å². The summed E-state index contributed by atoms with van der Waals surface area (Å²) in [7, 11) is 1.64. The lowest BCUT2D eigenvalue weighted by Crippen LogP contribution is -2.24. The van der Waals surface area contributed by atoms with Gasteiger partial charge >= 0.3 is 0 Å². The van der Waals surface area contributed by atoms with Crippen molar-refractivity contribution in [3.8, 4) is 5.75 Å². The number of fused-ring (bicyclic) bond motifs is 1. The summed E-state index contributed by atoms with van der Waals surface area (Å²) in [5, 5.41) is 5.61. The number of nitrogens with one attached hydrogen (secondary N) is 1. The van der Waals surface area contributed by atoms with Crippen LogP contribution >= 0.6 is 11.8 Å². The van der Waals surface area contributed by atoms with Crippen LogP contribution in [0, 0.1) is 0 Å². The van der Waals surface area contributed by atoms with E-state index in [1.165, 1.54) is 11.8 Å². The van der Waals surface area contributed by atoms with Crippen LogP contribution in [-0.4, -0.2) is 23.8 Å². The summed E-state index contributed by atoms with van der Waals surface area (Å²) in [6.07, 6.45) is 3.32. The molecule has 0 radical (unpaired) electrons. The lowest BCUT2D eigenvalue weighted by atomic mass is 10.1. The normalized spacial score (nSPS) is 10.7. The Hall–Kier alpha value is -2.47. The van der Waals surface area contributed by atoms with E-state index in [2.05, 4.69) is 10.3 Å². The summed E-state index contributed by atoms with van der Waals surface area (Å²) in [5.74, 6) is 1.77. The third kappa shape index (κ3) is 3.65. The molecule has 5 nitrogen and oxygen atoms in total. The van der Waals surface area contributed by atoms with Crippen molar-refractivity contribution in [2.75, 3.05) is 12.9 Å². The van der Waals surface area contributed by atoms with Crippen molar-refractivity contribution in [3.05, 3.63) is 54.6 Å². The Balaban J connectivity index is 1.66. The number of hydrogen-bond acceptors (Lipinski definition) is 5. The molecule has 0 atom stereocenters. The second-order valence-corrected chi connectivity index (χ2v) is 5.78. The zero-order chi connectivity index (χ0) is 16.1. The molecular formula is C17H16N2O3S. The molecule has 2 heterocycles. The largest absolute Gasteiger partial charge is 0.496 e. The number of nitrogens with zero attached hydrogens (tertiary/aromatic N) is 1. The molecule has 6 heteroatoms. The first-order valence-electron chi connectivity index (χ1n) is 7.11. The van der Waals surface area contributed by atoms with Crippen LogP contribution in [-0.2, 0) is 11.3 Å². The molecule has 0 unspecified atom stereocenters. The van der Waals surface area contributed by atoms with E-state index in [1.807, 2.05) is 30.3 Å². The van der Waals surface area contributed by atoms with Gasteiger partial charge in [-0.3, -0.25) is 4.79 Å². The van der Waals surface area contributed by atoms with E-state index < -0.39 is 0 Å². The van der Waals surface area contributed by atoms with E-state index in [9.17, 15) is 4.79 Å². The summed E-state index contributed by atoms with van der Waals surface area (Å²) in [5.41, 5.74) is 0. The minimum atomic E-state index is -0.0619. The number of thioether (sulfide) groups is 1. The second-order valence-electron chi connectivity index (χ2n) is 4.82. The number of rotatable bonds is 6. The van der Waals surface area contributed by atoms with Crippen molar-refractivity contribution in [3.63, 3.8) is 0 Å². The molecule has 3 aromatic rings. The van der Waals surface area contributed by atoms with E-state index in [0.29, 0.717) is 12.3 Å². The zero-order valence-corrected chi connectivity index (χ0v) is 13.4. The quantitative estimate of drug-likeness (QED) is 0.704. The number of hydrogen-bond donors (Lipinski definition) is 1. The van der Waals surface area contributed by atoms with Gasteiger partial charge in [0.05, 0.1) is 25.7 Å². The van der Waals surface area contributed by atoms with Gasteiger partial charge in [-0.05, 0) is 24.3 Å². The van der Waals surface area contributed by atoms with Crippen LogP contribution in [0.25, 0.3) is 10.8 Å². The Morgan fingerprint density at radius 1 is 1.26 bits per heavy atom. The second kappa shape index (κ2) is 7.19. The fraction of sp³-hybridized carbons (Fsp3) is 0.176. The van der Waals surface area contributed by atoms with E-state index in [-0.39, 0.29) is 5.91 Å². The van der Waals surface area contributed by atoms with Crippen molar-refractivity contribution in [1.29, 1.82) is 0 Å². The molecule has 0 aliphatic heterocycles. The summed E-state index contributed by atoms with van der Waals surface area (Å²) in [6.45, 7) is 0.392. The molecule has 0 bridgehead atoms. The average Bonchev–Trinajstić information content (AvgIpc) is 3.11. The predicted octanol–water partition coefficient (Wildman–Crippen LogP) is 3.24. The standard InChI is InChI=1S/C17H16N2O3S/c1-21-15-6-2-5-14-13(15)7-8-18-17(14)23-11-16(20)19-10-12-4-3-9-22-12/h2-9H,10-11H2,1H3,(H,19,20). The van der Waals surface area contributed by atoms with Crippen LogP contribution in [0.1, 0.15) is 5.76 Å². The zero-order valence-electron chi connectivity index (χ0n) is 12.6. The number of methoxy groups -OCH3 is 1. The Morgan fingerprint density at radius 3 is 2.96 bits per heavy atom. The molecular weight excluding hydrogens is 312 g/mol. The van der Waals surface area contributed by atoms with Gasteiger partial charge in [-0.1, -0.05) is 23.9 Å². The maximum Gasteiger partial charge on any atom is 0.230 e. The van der Waals surface area contributed by atoms with Crippen LogP contribution in [0.4, 0.5) is 0 Å². The van der Waals surface area contributed by atoms with Gasteiger partial charge in [0, 0.05) is 17.0 Å². The fourth-order valence-electron chi connectivity index (χ4n) is 2.23. The molecule has 1 N–H and O–H groups in total. The van der Waals surface area contributed by atoms with Gasteiger partial charge in [0.2, 0.25) is 5.91 Å². The molecule has 2 aromatic heterocycles. The molecule has 0 aliphatic rings. The Morgan fingerprint density at radius 2 is 2.17 bits per heavy atom. The molecule has 0 saturated heterocycles. The molecule has 0 fully saturated rings. The summed E-state index contributed by atoms with van der Waals surface area (Å²) < 4.78 is 10.5. The average molecular weight is 328 g/mol. The minimum Gasteiger partial charge on any atom is -0.496 e. The molecule has 0 saturated carbocycles. The molecule has 118 valence electrons. The minimum absolute atomic E-state index is 0.0619. The lowest BCUT2D eigenvalue weighted by molar-refractivity contribution is -0.118. The molecule has 1 amide bonds. The van der Waals surface area contributed by atoms with Crippen molar-refractivity contribution in [2.45, 2.75) is 11.6 Å². The van der Waals surface area contributed by atoms with Gasteiger partial charge in [-0.2, -0.15) is 0 Å². The molecule has 3 rings (SSSR count). The maximum atomic E-state index is 11.9. The monoisotopic (exact) mass is 328 g/mol. The highest BCUT2D eigenvalue weighted by molar-refractivity contribution is 8.00. The SMILES string of the molecule is COc1cccc2c(SCC(=O)NCc3ccco3)nccc12. The van der Waals surface area contributed by atoms with Gasteiger partial charge < -0.3 is 14.5 Å². The van der Waals surface area contributed by atoms with Crippen LogP contribution < -0.4 is 10.1 Å². The van der Waals surface area contributed by atoms with Crippen LogP contribution in [0.2, 0.25) is 0 Å². The Labute approximate surface area is 138 Å². The van der Waals surface area contributed by atoms with Crippen molar-refractivity contribution < 1.29 is 13.9 Å². The lowest BCUT2D eigenvalue weighted by Gasteiger charge is -2.08. The van der Waals surface area contributed by atoms with E-state index in [0.717, 1.165) is 27.3 Å². The maximum absolute atomic E-state index is 11.9. The first-order valence-corrected chi connectivity index (χ1v) is 8.10. The number of furan rings is 1.